The second-order valence-corrected chi connectivity index (χ2v) is 7.58. The van der Waals surface area contributed by atoms with E-state index in [4.69, 9.17) is 4.74 Å². The molecule has 2 saturated heterocycles. The topological polar surface area (TPSA) is 66.8 Å². The molecular weight excluding hydrogens is 330 g/mol. The predicted octanol–water partition coefficient (Wildman–Crippen LogP) is 2.43. The number of nitrogens with zero attached hydrogens (tertiary/aromatic N) is 1. The fourth-order valence-corrected chi connectivity index (χ4v) is 4.76. The Hall–Kier alpha value is -2.40. The van der Waals surface area contributed by atoms with Gasteiger partial charge in [-0.05, 0) is 25.3 Å². The minimum atomic E-state index is -0.960. The minimum absolute atomic E-state index is 0.105. The summed E-state index contributed by atoms with van der Waals surface area (Å²) in [5, 5.41) is 9.66. The highest BCUT2D eigenvalue weighted by Gasteiger charge is 2.70. The van der Waals surface area contributed by atoms with Gasteiger partial charge in [0, 0.05) is 6.54 Å². The van der Waals surface area contributed by atoms with Crippen LogP contribution in [0.4, 0.5) is 0 Å². The Morgan fingerprint density at radius 2 is 2.08 bits per heavy atom. The summed E-state index contributed by atoms with van der Waals surface area (Å²) < 4.78 is 6.13. The number of amides is 1. The third kappa shape index (κ3) is 2.42. The second-order valence-electron chi connectivity index (χ2n) is 7.58. The van der Waals surface area contributed by atoms with Crippen molar-refractivity contribution in [1.29, 1.82) is 0 Å². The molecule has 3 aliphatic rings. The number of carbonyl (C=O) groups excluding carboxylic acids is 1. The van der Waals surface area contributed by atoms with Crippen molar-refractivity contribution >= 4 is 11.9 Å². The molecule has 5 heteroatoms. The van der Waals surface area contributed by atoms with E-state index in [9.17, 15) is 14.7 Å². The Bertz CT molecular complexity index is 786. The summed E-state index contributed by atoms with van der Waals surface area (Å²) in [5.74, 6) is -2.51. The fourth-order valence-electron chi connectivity index (χ4n) is 4.76. The van der Waals surface area contributed by atoms with E-state index in [2.05, 4.69) is 6.58 Å². The minimum Gasteiger partial charge on any atom is -0.481 e. The van der Waals surface area contributed by atoms with Crippen LogP contribution in [0.5, 0.6) is 0 Å². The van der Waals surface area contributed by atoms with Gasteiger partial charge in [0.05, 0.1) is 18.1 Å². The highest BCUT2D eigenvalue weighted by atomic mass is 16.5. The Kier molecular flexibility index (Phi) is 3.99. The zero-order chi connectivity index (χ0) is 18.5. The van der Waals surface area contributed by atoms with Gasteiger partial charge in [-0.15, -0.1) is 6.58 Å². The lowest BCUT2D eigenvalue weighted by molar-refractivity contribution is -0.148. The molecule has 1 amide bonds. The number of carbonyl (C=O) groups is 2. The molecule has 4 rings (SSSR count). The maximum Gasteiger partial charge on any atom is 0.310 e. The molecule has 5 nitrogen and oxygen atoms in total. The molecule has 2 bridgehead atoms. The summed E-state index contributed by atoms with van der Waals surface area (Å²) in [5.41, 5.74) is 1.28. The molecule has 136 valence electrons. The number of ether oxygens (including phenoxy) is 1. The number of rotatable bonds is 6. The van der Waals surface area contributed by atoms with E-state index in [1.54, 1.807) is 0 Å². The first-order valence-electron chi connectivity index (χ1n) is 9.03. The highest BCUT2D eigenvalue weighted by molar-refractivity contribution is 5.91. The van der Waals surface area contributed by atoms with E-state index >= 15 is 0 Å². The summed E-state index contributed by atoms with van der Waals surface area (Å²) >= 11 is 0. The third-order valence-electron chi connectivity index (χ3n) is 5.84. The van der Waals surface area contributed by atoms with Crippen molar-refractivity contribution < 1.29 is 19.4 Å². The molecule has 1 aromatic rings. The van der Waals surface area contributed by atoms with Crippen LogP contribution in [-0.4, -0.2) is 46.2 Å². The molecule has 1 aromatic carbocycles. The number of aliphatic carboxylic acids is 1. The van der Waals surface area contributed by atoms with Crippen LogP contribution in [-0.2, 0) is 20.7 Å². The van der Waals surface area contributed by atoms with E-state index in [0.29, 0.717) is 13.0 Å². The summed E-state index contributed by atoms with van der Waals surface area (Å²) in [6, 6.07) is 9.80. The first kappa shape index (κ1) is 17.0. The number of benzene rings is 1. The first-order valence-corrected chi connectivity index (χ1v) is 9.03. The smallest absolute Gasteiger partial charge is 0.310 e. The van der Waals surface area contributed by atoms with Crippen LogP contribution in [0, 0.1) is 11.8 Å². The molecule has 0 unspecified atom stereocenters. The Morgan fingerprint density at radius 3 is 2.73 bits per heavy atom. The lowest BCUT2D eigenvalue weighted by atomic mass is 9.74. The van der Waals surface area contributed by atoms with Crippen LogP contribution in [0.25, 0.3) is 0 Å². The molecule has 3 aliphatic heterocycles. The molecule has 1 N–H and O–H groups in total. The zero-order valence-electron chi connectivity index (χ0n) is 14.8. The van der Waals surface area contributed by atoms with Gasteiger partial charge in [-0.25, -0.2) is 0 Å². The van der Waals surface area contributed by atoms with E-state index in [0.717, 1.165) is 17.6 Å². The lowest BCUT2D eigenvalue weighted by Gasteiger charge is -2.33. The average molecular weight is 353 g/mol. The molecule has 0 saturated carbocycles. The quantitative estimate of drug-likeness (QED) is 0.798. The average Bonchev–Trinajstić information content (AvgIpc) is 3.24. The third-order valence-corrected chi connectivity index (χ3v) is 5.84. The van der Waals surface area contributed by atoms with Gasteiger partial charge in [-0.3, -0.25) is 9.59 Å². The molecule has 26 heavy (non-hydrogen) atoms. The summed E-state index contributed by atoms with van der Waals surface area (Å²) in [6.45, 7) is 6.49. The monoisotopic (exact) mass is 353 g/mol. The van der Waals surface area contributed by atoms with Crippen molar-refractivity contribution in [1.82, 2.24) is 4.90 Å². The normalized spacial score (nSPS) is 34.3. The predicted molar refractivity (Wildman–Crippen MR) is 96.4 cm³/mol. The van der Waals surface area contributed by atoms with Gasteiger partial charge in [-0.2, -0.15) is 0 Å². The molecular formula is C21H23NO4. The van der Waals surface area contributed by atoms with E-state index in [1.165, 1.54) is 0 Å². The Morgan fingerprint density at radius 1 is 1.35 bits per heavy atom. The van der Waals surface area contributed by atoms with Crippen molar-refractivity contribution in [3.8, 4) is 0 Å². The molecule has 0 aliphatic carbocycles. The Balaban J connectivity index is 1.65. The molecule has 2 fully saturated rings. The summed E-state index contributed by atoms with van der Waals surface area (Å²) in [4.78, 5) is 26.8. The van der Waals surface area contributed by atoms with E-state index in [-0.39, 0.29) is 11.9 Å². The van der Waals surface area contributed by atoms with Gasteiger partial charge >= 0.3 is 5.97 Å². The molecule has 3 heterocycles. The standard InChI is InChI=1S/C21H23NO4/c1-13(2)12-16-21-10-8-15(26-21)17(20(24)25)18(21)19(23)22(16)11-9-14-6-4-3-5-7-14/h3-8,10,15-18H,1,9,11-12H2,2H3,(H,24,25)/t15-,16-,17+,18-,21+/m0/s1. The fraction of sp³-hybridized carbons (Fsp3) is 0.429. The van der Waals surface area contributed by atoms with Crippen molar-refractivity contribution in [3.05, 3.63) is 60.2 Å². The zero-order valence-corrected chi connectivity index (χ0v) is 14.8. The van der Waals surface area contributed by atoms with Gasteiger partial charge < -0.3 is 14.7 Å². The summed E-state index contributed by atoms with van der Waals surface area (Å²) in [6.07, 6.45) is 4.57. The number of fused-ring (bicyclic) bond motifs is 1. The Labute approximate surface area is 152 Å². The van der Waals surface area contributed by atoms with Gasteiger partial charge in [0.1, 0.15) is 11.5 Å². The van der Waals surface area contributed by atoms with Crippen molar-refractivity contribution in [2.24, 2.45) is 11.8 Å². The van der Waals surface area contributed by atoms with Crippen LogP contribution >= 0.6 is 0 Å². The van der Waals surface area contributed by atoms with Gasteiger partial charge in [-0.1, -0.05) is 48.1 Å². The number of hydrogen-bond donors (Lipinski definition) is 1. The van der Waals surface area contributed by atoms with Crippen LogP contribution in [0.3, 0.4) is 0 Å². The second kappa shape index (κ2) is 6.09. The molecule has 0 radical (unpaired) electrons. The highest BCUT2D eigenvalue weighted by Crippen LogP contribution is 2.55. The SMILES string of the molecule is C=C(C)C[C@@H]1N(CCc2ccccc2)C(=O)[C@@H]2[C@H](C(=O)O)[C@@H]3C=C[C@]21O3. The summed E-state index contributed by atoms with van der Waals surface area (Å²) in [7, 11) is 0. The van der Waals surface area contributed by atoms with Gasteiger partial charge in [0.15, 0.2) is 0 Å². The van der Waals surface area contributed by atoms with Crippen LogP contribution in [0.2, 0.25) is 0 Å². The van der Waals surface area contributed by atoms with Crippen LogP contribution in [0.15, 0.2) is 54.6 Å². The van der Waals surface area contributed by atoms with Gasteiger partial charge in [0.2, 0.25) is 5.91 Å². The molecule has 0 aromatic heterocycles. The van der Waals surface area contributed by atoms with E-state index in [1.807, 2.05) is 54.3 Å². The largest absolute Gasteiger partial charge is 0.481 e. The van der Waals surface area contributed by atoms with Crippen LogP contribution in [0.1, 0.15) is 18.9 Å². The van der Waals surface area contributed by atoms with Crippen molar-refractivity contribution in [2.45, 2.75) is 37.5 Å². The number of likely N-dealkylation sites (tertiary alicyclic amines) is 1. The maximum atomic E-state index is 13.2. The maximum absolute atomic E-state index is 13.2. The number of carboxylic acid groups (broad SMARTS) is 1. The van der Waals surface area contributed by atoms with Crippen molar-refractivity contribution in [3.63, 3.8) is 0 Å². The van der Waals surface area contributed by atoms with E-state index < -0.39 is 29.5 Å². The van der Waals surface area contributed by atoms with Gasteiger partial charge in [0.25, 0.3) is 0 Å². The van der Waals surface area contributed by atoms with Crippen LogP contribution < -0.4 is 0 Å². The van der Waals surface area contributed by atoms with Crippen molar-refractivity contribution in [2.75, 3.05) is 6.54 Å². The lowest BCUT2D eigenvalue weighted by Crippen LogP contribution is -2.45. The number of carboxylic acids is 1. The molecule has 5 atom stereocenters. The first-order chi connectivity index (χ1) is 12.4. The number of hydrogen-bond acceptors (Lipinski definition) is 3. The molecule has 1 spiro atoms.